The fourth-order valence-electron chi connectivity index (χ4n) is 1.06. The van der Waals surface area contributed by atoms with Gasteiger partial charge in [-0.2, -0.15) is 5.26 Å². The Kier molecular flexibility index (Phi) is 3.10. The predicted octanol–water partition coefficient (Wildman–Crippen LogP) is 2.31. The van der Waals surface area contributed by atoms with Gasteiger partial charge in [0.05, 0.1) is 29.3 Å². The second-order valence-electron chi connectivity index (χ2n) is 2.75. The van der Waals surface area contributed by atoms with Crippen molar-refractivity contribution in [2.75, 3.05) is 7.11 Å². The van der Waals surface area contributed by atoms with Gasteiger partial charge in [-0.15, -0.1) is 0 Å². The Morgan fingerprint density at radius 1 is 1.57 bits per heavy atom. The van der Waals surface area contributed by atoms with Crippen molar-refractivity contribution in [2.24, 2.45) is 0 Å². The van der Waals surface area contributed by atoms with Crippen LogP contribution in [0, 0.1) is 18.3 Å². The van der Waals surface area contributed by atoms with Gasteiger partial charge in [0.25, 0.3) is 0 Å². The second kappa shape index (κ2) is 4.12. The molecule has 0 saturated carbocycles. The molecule has 0 bridgehead atoms. The first-order valence-corrected chi connectivity index (χ1v) is 4.26. The summed E-state index contributed by atoms with van der Waals surface area (Å²) < 4.78 is 4.52. The number of carbonyl (C=O) groups is 1. The first-order valence-electron chi connectivity index (χ1n) is 3.88. The molecule has 3 nitrogen and oxygen atoms in total. The molecule has 14 heavy (non-hydrogen) atoms. The van der Waals surface area contributed by atoms with Crippen LogP contribution in [0.1, 0.15) is 21.5 Å². The average molecular weight is 210 g/mol. The molecule has 0 amide bonds. The van der Waals surface area contributed by atoms with E-state index in [1.807, 2.05) is 6.07 Å². The highest BCUT2D eigenvalue weighted by Gasteiger charge is 2.12. The van der Waals surface area contributed by atoms with E-state index in [0.29, 0.717) is 10.6 Å². The molecule has 0 atom stereocenters. The van der Waals surface area contributed by atoms with E-state index in [-0.39, 0.29) is 5.56 Å². The summed E-state index contributed by atoms with van der Waals surface area (Å²) in [7, 11) is 1.27. The molecule has 0 saturated heterocycles. The number of carbonyl (C=O) groups excluding carboxylic acids is 1. The molecule has 0 radical (unpaired) electrons. The van der Waals surface area contributed by atoms with E-state index in [1.54, 1.807) is 13.0 Å². The van der Waals surface area contributed by atoms with Crippen LogP contribution in [-0.2, 0) is 4.74 Å². The maximum absolute atomic E-state index is 11.2. The zero-order valence-corrected chi connectivity index (χ0v) is 8.55. The van der Waals surface area contributed by atoms with Crippen LogP contribution < -0.4 is 0 Å². The minimum absolute atomic E-state index is 0.219. The number of aryl methyl sites for hydroxylation is 1. The molecular formula is C10H8ClNO2. The molecule has 0 fully saturated rings. The molecule has 0 heterocycles. The number of nitriles is 1. The third-order valence-electron chi connectivity index (χ3n) is 1.84. The Morgan fingerprint density at radius 3 is 2.71 bits per heavy atom. The van der Waals surface area contributed by atoms with Crippen molar-refractivity contribution >= 4 is 17.6 Å². The number of ether oxygens (including phenoxy) is 1. The fourth-order valence-corrected chi connectivity index (χ4v) is 1.35. The van der Waals surface area contributed by atoms with E-state index >= 15 is 0 Å². The van der Waals surface area contributed by atoms with E-state index in [4.69, 9.17) is 16.9 Å². The van der Waals surface area contributed by atoms with Crippen molar-refractivity contribution < 1.29 is 9.53 Å². The molecule has 0 spiro atoms. The van der Waals surface area contributed by atoms with Crippen LogP contribution in [0.15, 0.2) is 12.1 Å². The Labute approximate surface area is 86.9 Å². The van der Waals surface area contributed by atoms with E-state index in [2.05, 4.69) is 4.74 Å². The van der Waals surface area contributed by atoms with Gasteiger partial charge in [-0.3, -0.25) is 0 Å². The minimum atomic E-state index is -0.536. The summed E-state index contributed by atoms with van der Waals surface area (Å²) >= 11 is 5.82. The summed E-state index contributed by atoms with van der Waals surface area (Å²) in [6, 6.07) is 4.99. The van der Waals surface area contributed by atoms with Gasteiger partial charge < -0.3 is 4.74 Å². The summed E-state index contributed by atoms with van der Waals surface area (Å²) in [6.45, 7) is 1.76. The second-order valence-corrected chi connectivity index (χ2v) is 3.16. The molecule has 0 aliphatic heterocycles. The van der Waals surface area contributed by atoms with Crippen LogP contribution in [0.5, 0.6) is 0 Å². The SMILES string of the molecule is COC(=O)c1cc(C#N)c(C)cc1Cl. The number of esters is 1. The molecule has 0 aliphatic rings. The molecule has 0 aliphatic carbocycles. The maximum atomic E-state index is 11.2. The van der Waals surface area contributed by atoms with Crippen LogP contribution in [-0.4, -0.2) is 13.1 Å². The third-order valence-corrected chi connectivity index (χ3v) is 2.15. The Hall–Kier alpha value is -1.53. The van der Waals surface area contributed by atoms with Crippen molar-refractivity contribution in [3.63, 3.8) is 0 Å². The highest BCUT2D eigenvalue weighted by atomic mass is 35.5. The molecule has 4 heteroatoms. The zero-order chi connectivity index (χ0) is 10.7. The minimum Gasteiger partial charge on any atom is -0.465 e. The largest absolute Gasteiger partial charge is 0.465 e. The van der Waals surface area contributed by atoms with Gasteiger partial charge in [0.1, 0.15) is 0 Å². The first kappa shape index (κ1) is 10.6. The summed E-state index contributed by atoms with van der Waals surface area (Å²) in [4.78, 5) is 11.2. The van der Waals surface area contributed by atoms with E-state index in [0.717, 1.165) is 5.56 Å². The number of rotatable bonds is 1. The number of nitrogens with zero attached hydrogens (tertiary/aromatic N) is 1. The number of benzene rings is 1. The summed E-state index contributed by atoms with van der Waals surface area (Å²) in [5.74, 6) is -0.536. The Morgan fingerprint density at radius 2 is 2.21 bits per heavy atom. The summed E-state index contributed by atoms with van der Waals surface area (Å²) in [5, 5.41) is 9.04. The van der Waals surface area contributed by atoms with Crippen molar-refractivity contribution in [3.8, 4) is 6.07 Å². The molecule has 0 unspecified atom stereocenters. The average Bonchev–Trinajstić information content (AvgIpc) is 2.17. The predicted molar refractivity (Wildman–Crippen MR) is 52.2 cm³/mol. The monoisotopic (exact) mass is 209 g/mol. The van der Waals surface area contributed by atoms with Crippen LogP contribution in [0.4, 0.5) is 0 Å². The number of hydrogen-bond donors (Lipinski definition) is 0. The van der Waals surface area contributed by atoms with Crippen LogP contribution in [0.2, 0.25) is 5.02 Å². The van der Waals surface area contributed by atoms with Gasteiger partial charge in [-0.05, 0) is 24.6 Å². The van der Waals surface area contributed by atoms with Crippen molar-refractivity contribution in [1.29, 1.82) is 5.26 Å². The van der Waals surface area contributed by atoms with Crippen LogP contribution in [0.25, 0.3) is 0 Å². The lowest BCUT2D eigenvalue weighted by Crippen LogP contribution is -2.03. The topological polar surface area (TPSA) is 50.1 Å². The van der Waals surface area contributed by atoms with Gasteiger partial charge in [0, 0.05) is 0 Å². The summed E-state index contributed by atoms with van der Waals surface area (Å²) in [6.07, 6.45) is 0. The highest BCUT2D eigenvalue weighted by Crippen LogP contribution is 2.21. The Bertz CT molecular complexity index is 421. The molecule has 0 N–H and O–H groups in total. The zero-order valence-electron chi connectivity index (χ0n) is 7.80. The van der Waals surface area contributed by atoms with E-state index in [9.17, 15) is 4.79 Å². The van der Waals surface area contributed by atoms with Gasteiger partial charge in [0.2, 0.25) is 0 Å². The standard InChI is InChI=1S/C10H8ClNO2/c1-6-3-9(11)8(10(13)14-2)4-7(6)5-12/h3-4H,1-2H3. The molecule has 0 aromatic heterocycles. The number of methoxy groups -OCH3 is 1. The van der Waals surface area contributed by atoms with Crippen LogP contribution in [0.3, 0.4) is 0 Å². The number of hydrogen-bond acceptors (Lipinski definition) is 3. The summed E-state index contributed by atoms with van der Waals surface area (Å²) in [5.41, 5.74) is 1.39. The highest BCUT2D eigenvalue weighted by molar-refractivity contribution is 6.33. The van der Waals surface area contributed by atoms with Gasteiger partial charge in [-0.25, -0.2) is 4.79 Å². The first-order chi connectivity index (χ1) is 6.60. The van der Waals surface area contributed by atoms with Gasteiger partial charge in [-0.1, -0.05) is 11.6 Å². The quantitative estimate of drug-likeness (QED) is 0.667. The molecule has 72 valence electrons. The van der Waals surface area contributed by atoms with Crippen molar-refractivity contribution in [1.82, 2.24) is 0 Å². The normalized spacial score (nSPS) is 9.29. The lowest BCUT2D eigenvalue weighted by atomic mass is 10.1. The maximum Gasteiger partial charge on any atom is 0.339 e. The van der Waals surface area contributed by atoms with E-state index in [1.165, 1.54) is 13.2 Å². The van der Waals surface area contributed by atoms with Crippen molar-refractivity contribution in [3.05, 3.63) is 33.8 Å². The van der Waals surface area contributed by atoms with Crippen LogP contribution >= 0.6 is 11.6 Å². The smallest absolute Gasteiger partial charge is 0.339 e. The third kappa shape index (κ3) is 1.86. The molecule has 1 aromatic carbocycles. The molecular weight excluding hydrogens is 202 g/mol. The molecule has 1 rings (SSSR count). The van der Waals surface area contributed by atoms with Gasteiger partial charge in [0.15, 0.2) is 0 Å². The fraction of sp³-hybridized carbons (Fsp3) is 0.200. The Balaban J connectivity index is 3.33. The van der Waals surface area contributed by atoms with E-state index < -0.39 is 5.97 Å². The number of halogens is 1. The lowest BCUT2D eigenvalue weighted by molar-refractivity contribution is 0.0601. The van der Waals surface area contributed by atoms with Gasteiger partial charge >= 0.3 is 5.97 Å². The van der Waals surface area contributed by atoms with Crippen molar-refractivity contribution in [2.45, 2.75) is 6.92 Å². The lowest BCUT2D eigenvalue weighted by Gasteiger charge is -2.04. The molecule has 1 aromatic rings.